The summed E-state index contributed by atoms with van der Waals surface area (Å²) in [6.45, 7) is 8.97. The first-order valence-electron chi connectivity index (χ1n) is 4.23. The van der Waals surface area contributed by atoms with Gasteiger partial charge in [0.15, 0.2) is 7.38 Å². The van der Waals surface area contributed by atoms with Crippen LogP contribution in [0.3, 0.4) is 0 Å². The molecule has 0 amide bonds. The number of hydrogen-bond donors (Lipinski definition) is 0. The van der Waals surface area contributed by atoms with Crippen LogP contribution in [0.15, 0.2) is 0 Å². The Bertz CT molecular complexity index is 87.3. The van der Waals surface area contributed by atoms with Crippen molar-refractivity contribution >= 4 is 18.5 Å². The Labute approximate surface area is 70.7 Å². The maximum Gasteiger partial charge on any atom is 0.156 e. The largest absolute Gasteiger partial charge is 0.167 e. The molecule has 0 aliphatic heterocycles. The van der Waals surface area contributed by atoms with Crippen molar-refractivity contribution in [3.8, 4) is 0 Å². The highest BCUT2D eigenvalue weighted by Gasteiger charge is 2.26. The molecule has 0 aromatic heterocycles. The summed E-state index contributed by atoms with van der Waals surface area (Å²) in [5.74, 6) is 0.782. The lowest BCUT2D eigenvalue weighted by molar-refractivity contribution is 0.719. The lowest BCUT2D eigenvalue weighted by Crippen LogP contribution is -2.26. The zero-order valence-electron chi connectivity index (χ0n) is 7.58. The van der Waals surface area contributed by atoms with Gasteiger partial charge < -0.3 is 0 Å². The molecule has 0 radical (unpaired) electrons. The van der Waals surface area contributed by atoms with E-state index in [4.69, 9.17) is 11.1 Å². The van der Waals surface area contributed by atoms with Gasteiger partial charge in [0.05, 0.1) is 0 Å². The fourth-order valence-electron chi connectivity index (χ4n) is 1.27. The number of rotatable bonds is 4. The first kappa shape index (κ1) is 10.5. The highest BCUT2D eigenvalue weighted by molar-refractivity contribution is 7.20. The topological polar surface area (TPSA) is 0 Å². The van der Waals surface area contributed by atoms with Crippen LogP contribution in [0.1, 0.15) is 27.7 Å². The van der Waals surface area contributed by atoms with Crippen molar-refractivity contribution < 1.29 is 0 Å². The Balaban J connectivity index is 3.80. The van der Waals surface area contributed by atoms with Crippen molar-refractivity contribution in [1.82, 2.24) is 0 Å². The van der Waals surface area contributed by atoms with E-state index < -0.39 is 7.38 Å². The van der Waals surface area contributed by atoms with Crippen LogP contribution >= 0.6 is 11.1 Å². The fraction of sp³-hybridized carbons (Fsp3) is 1.00. The summed E-state index contributed by atoms with van der Waals surface area (Å²) in [5.41, 5.74) is 0. The van der Waals surface area contributed by atoms with E-state index in [1.54, 1.807) is 0 Å². The van der Waals surface area contributed by atoms with Crippen molar-refractivity contribution in [3.63, 3.8) is 0 Å². The summed E-state index contributed by atoms with van der Waals surface area (Å²) in [6.07, 6.45) is 0. The summed E-state index contributed by atoms with van der Waals surface area (Å²) >= 11 is 6.44. The van der Waals surface area contributed by atoms with E-state index in [0.717, 1.165) is 5.92 Å². The zero-order valence-corrected chi connectivity index (χ0v) is 9.33. The van der Waals surface area contributed by atoms with Crippen LogP contribution in [0.25, 0.3) is 0 Å². The van der Waals surface area contributed by atoms with Crippen LogP contribution in [-0.2, 0) is 0 Å². The van der Waals surface area contributed by atoms with E-state index in [1.807, 2.05) is 0 Å². The van der Waals surface area contributed by atoms with Gasteiger partial charge in [-0.3, -0.25) is 0 Å². The van der Waals surface area contributed by atoms with Crippen molar-refractivity contribution in [2.24, 2.45) is 5.92 Å². The van der Waals surface area contributed by atoms with Crippen molar-refractivity contribution in [2.45, 2.75) is 45.8 Å². The Morgan fingerprint density at radius 1 is 1.20 bits per heavy atom. The Hall–Kier alpha value is 0.507. The number of halogens is 1. The predicted molar refractivity (Wildman–Crippen MR) is 52.2 cm³/mol. The first-order chi connectivity index (χ1) is 4.54. The van der Waals surface area contributed by atoms with Crippen LogP contribution < -0.4 is 0 Å². The third kappa shape index (κ3) is 3.62. The molecule has 0 spiro atoms. The van der Waals surface area contributed by atoms with Gasteiger partial charge in [-0.05, 0) is 24.1 Å². The summed E-state index contributed by atoms with van der Waals surface area (Å²) in [4.78, 5) is 0. The first-order valence-corrected chi connectivity index (χ1v) is 7.86. The Morgan fingerprint density at radius 3 is 1.70 bits per heavy atom. The lowest BCUT2D eigenvalue weighted by Gasteiger charge is -2.22. The Kier molecular flexibility index (Phi) is 4.62. The fourth-order valence-corrected chi connectivity index (χ4v) is 4.74. The molecule has 2 heteroatoms. The van der Waals surface area contributed by atoms with E-state index in [-0.39, 0.29) is 0 Å². The van der Waals surface area contributed by atoms with Crippen LogP contribution in [0.2, 0.25) is 18.1 Å². The average molecular weight is 179 g/mol. The SMILES string of the molecule is CC[Si](Cl)(CC)CC(C)C. The molecule has 0 N–H and O–H groups in total. The van der Waals surface area contributed by atoms with Gasteiger partial charge in [-0.25, -0.2) is 0 Å². The summed E-state index contributed by atoms with van der Waals surface area (Å²) in [7, 11) is -1.29. The third-order valence-electron chi connectivity index (χ3n) is 2.04. The molecule has 0 nitrogen and oxygen atoms in total. The van der Waals surface area contributed by atoms with Crippen molar-refractivity contribution in [2.75, 3.05) is 0 Å². The second kappa shape index (κ2) is 4.40. The minimum Gasteiger partial charge on any atom is -0.167 e. The van der Waals surface area contributed by atoms with Crippen LogP contribution in [0.5, 0.6) is 0 Å². The monoisotopic (exact) mass is 178 g/mol. The van der Waals surface area contributed by atoms with E-state index in [1.165, 1.54) is 18.1 Å². The molecular weight excluding hydrogens is 160 g/mol. The van der Waals surface area contributed by atoms with Gasteiger partial charge in [0.1, 0.15) is 0 Å². The predicted octanol–water partition coefficient (Wildman–Crippen LogP) is 3.87. The van der Waals surface area contributed by atoms with Crippen LogP contribution in [-0.4, -0.2) is 7.38 Å². The molecule has 0 atom stereocenters. The van der Waals surface area contributed by atoms with E-state index in [0.29, 0.717) is 0 Å². The molecule has 0 aliphatic carbocycles. The van der Waals surface area contributed by atoms with Gasteiger partial charge >= 0.3 is 0 Å². The van der Waals surface area contributed by atoms with Gasteiger partial charge in [-0.15, -0.1) is 0 Å². The molecule has 0 aromatic carbocycles. The molecule has 0 fully saturated rings. The zero-order chi connectivity index (χ0) is 8.20. The second-order valence-corrected chi connectivity index (χ2v) is 9.99. The smallest absolute Gasteiger partial charge is 0.156 e. The van der Waals surface area contributed by atoms with Gasteiger partial charge in [0.25, 0.3) is 0 Å². The van der Waals surface area contributed by atoms with Crippen LogP contribution in [0.4, 0.5) is 0 Å². The third-order valence-corrected chi connectivity index (χ3v) is 8.19. The second-order valence-electron chi connectivity index (χ2n) is 3.46. The average Bonchev–Trinajstić information content (AvgIpc) is 1.87. The molecule has 0 aliphatic rings. The quantitative estimate of drug-likeness (QED) is 0.453. The molecule has 62 valence electrons. The normalized spacial score (nSPS) is 12.6. The van der Waals surface area contributed by atoms with Gasteiger partial charge in [-0.1, -0.05) is 27.7 Å². The summed E-state index contributed by atoms with van der Waals surface area (Å²) < 4.78 is 0. The molecule has 0 saturated carbocycles. The van der Waals surface area contributed by atoms with Crippen LogP contribution in [0, 0.1) is 5.92 Å². The maximum atomic E-state index is 6.44. The van der Waals surface area contributed by atoms with E-state index >= 15 is 0 Å². The van der Waals surface area contributed by atoms with Crippen molar-refractivity contribution in [1.29, 1.82) is 0 Å². The van der Waals surface area contributed by atoms with Gasteiger partial charge in [-0.2, -0.15) is 11.1 Å². The Morgan fingerprint density at radius 2 is 1.60 bits per heavy atom. The van der Waals surface area contributed by atoms with Crippen molar-refractivity contribution in [3.05, 3.63) is 0 Å². The summed E-state index contributed by atoms with van der Waals surface area (Å²) in [5, 5.41) is 0. The lowest BCUT2D eigenvalue weighted by atomic mass is 10.3. The number of hydrogen-bond acceptors (Lipinski definition) is 0. The van der Waals surface area contributed by atoms with E-state index in [2.05, 4.69) is 27.7 Å². The molecule has 10 heavy (non-hydrogen) atoms. The van der Waals surface area contributed by atoms with Gasteiger partial charge in [0.2, 0.25) is 0 Å². The molecule has 0 bridgehead atoms. The van der Waals surface area contributed by atoms with E-state index in [9.17, 15) is 0 Å². The highest BCUT2D eigenvalue weighted by Crippen LogP contribution is 2.28. The molecule has 0 saturated heterocycles. The summed E-state index contributed by atoms with van der Waals surface area (Å²) in [6, 6.07) is 3.73. The molecule has 0 unspecified atom stereocenters. The standard InChI is InChI=1S/C8H19ClSi/c1-5-10(9,6-2)7-8(3)4/h8H,5-7H2,1-4H3. The minimum atomic E-state index is -1.29. The molecule has 0 rings (SSSR count). The maximum absolute atomic E-state index is 6.44. The molecule has 0 heterocycles. The van der Waals surface area contributed by atoms with Gasteiger partial charge in [0, 0.05) is 0 Å². The molecule has 0 aromatic rings. The molecular formula is C8H19ClSi. The minimum absolute atomic E-state index is 0.782. The highest BCUT2D eigenvalue weighted by atomic mass is 35.6.